The molecule has 0 spiro atoms. The number of furan rings is 1. The Hall–Kier alpha value is -2.65. The molecule has 1 N–H and O–H groups in total. The number of rotatable bonds is 5. The van der Waals surface area contributed by atoms with Crippen molar-refractivity contribution >= 4 is 27.5 Å². The summed E-state index contributed by atoms with van der Waals surface area (Å²) in [6.07, 6.45) is 4.36. The van der Waals surface area contributed by atoms with Crippen molar-refractivity contribution in [3.05, 3.63) is 47.9 Å². The third-order valence-corrected chi connectivity index (χ3v) is 7.82. The van der Waals surface area contributed by atoms with Crippen LogP contribution < -0.4 is 10.2 Å². The number of benzene rings is 1. The Morgan fingerprint density at radius 1 is 1.19 bits per heavy atom. The first-order valence-electron chi connectivity index (χ1n) is 10.6. The van der Waals surface area contributed by atoms with Crippen LogP contribution in [0.4, 0.5) is 5.69 Å². The van der Waals surface area contributed by atoms with E-state index in [0.717, 1.165) is 24.1 Å². The summed E-state index contributed by atoms with van der Waals surface area (Å²) in [4.78, 5) is 26.4. The Balaban J connectivity index is 1.48. The fraction of sp³-hybridized carbons (Fsp3) is 0.455. The number of carbonyl (C=O) groups excluding carboxylic acids is 2. The molecular formula is C22H27N3O5S. The molecule has 2 aliphatic heterocycles. The monoisotopic (exact) mass is 445 g/mol. The molecule has 3 heterocycles. The molecule has 31 heavy (non-hydrogen) atoms. The molecule has 4 rings (SSSR count). The average Bonchev–Trinajstić information content (AvgIpc) is 3.30. The minimum atomic E-state index is -3.73. The molecule has 1 aromatic heterocycles. The van der Waals surface area contributed by atoms with E-state index < -0.39 is 15.9 Å². The van der Waals surface area contributed by atoms with Crippen molar-refractivity contribution < 1.29 is 22.4 Å². The van der Waals surface area contributed by atoms with Crippen molar-refractivity contribution in [1.29, 1.82) is 0 Å². The third kappa shape index (κ3) is 4.52. The highest BCUT2D eigenvalue weighted by Crippen LogP contribution is 2.31. The number of nitrogens with zero attached hydrogens (tertiary/aromatic N) is 2. The maximum atomic E-state index is 13.3. The van der Waals surface area contributed by atoms with Crippen LogP contribution in [0.25, 0.3) is 0 Å². The van der Waals surface area contributed by atoms with Gasteiger partial charge in [-0.1, -0.05) is 0 Å². The van der Waals surface area contributed by atoms with Gasteiger partial charge in [-0.3, -0.25) is 9.59 Å². The van der Waals surface area contributed by atoms with Crippen LogP contribution in [-0.4, -0.2) is 44.2 Å². The summed E-state index contributed by atoms with van der Waals surface area (Å²) in [6.45, 7) is 3.00. The fourth-order valence-corrected chi connectivity index (χ4v) is 5.89. The lowest BCUT2D eigenvalue weighted by Gasteiger charge is -2.32. The zero-order valence-electron chi connectivity index (χ0n) is 17.5. The van der Waals surface area contributed by atoms with Gasteiger partial charge in [0.05, 0.1) is 23.6 Å². The molecule has 1 saturated heterocycles. The number of amides is 2. The minimum Gasteiger partial charge on any atom is -0.467 e. The second kappa shape index (κ2) is 8.84. The van der Waals surface area contributed by atoms with Crippen LogP contribution in [0.15, 0.2) is 45.9 Å². The maximum absolute atomic E-state index is 13.3. The standard InChI is InChI=1S/C22H27N3O5S/c1-16(26)25-11-3-5-17-13-20(8-9-21(17)25)31(28,29)24-10-2-6-18(15-24)22(27)23-14-19-7-4-12-30-19/h4,7-9,12-13,18H,2-3,5-6,10-11,14-15H2,1H3,(H,23,27)/t18-/m0/s1. The number of piperidine rings is 1. The zero-order valence-corrected chi connectivity index (χ0v) is 18.4. The molecule has 0 bridgehead atoms. The average molecular weight is 446 g/mol. The van der Waals surface area contributed by atoms with Crippen molar-refractivity contribution in [2.24, 2.45) is 5.92 Å². The van der Waals surface area contributed by atoms with E-state index in [-0.39, 0.29) is 29.8 Å². The summed E-state index contributed by atoms with van der Waals surface area (Å²) >= 11 is 0. The quantitative estimate of drug-likeness (QED) is 0.761. The molecule has 0 aliphatic carbocycles. The molecule has 1 atom stereocenters. The second-order valence-electron chi connectivity index (χ2n) is 8.06. The van der Waals surface area contributed by atoms with Crippen molar-refractivity contribution in [3.63, 3.8) is 0 Å². The number of carbonyl (C=O) groups is 2. The Labute approximate surface area is 182 Å². The van der Waals surface area contributed by atoms with E-state index in [4.69, 9.17) is 4.42 Å². The van der Waals surface area contributed by atoms with Gasteiger partial charge in [0.1, 0.15) is 5.76 Å². The lowest BCUT2D eigenvalue weighted by Crippen LogP contribution is -2.45. The number of hydrogen-bond acceptors (Lipinski definition) is 5. The van der Waals surface area contributed by atoms with Gasteiger partial charge in [-0.25, -0.2) is 8.42 Å². The van der Waals surface area contributed by atoms with E-state index >= 15 is 0 Å². The van der Waals surface area contributed by atoms with Crippen LogP contribution in [0.5, 0.6) is 0 Å². The Bertz CT molecular complexity index is 1060. The van der Waals surface area contributed by atoms with Gasteiger partial charge < -0.3 is 14.6 Å². The molecule has 2 aliphatic rings. The van der Waals surface area contributed by atoms with Gasteiger partial charge in [0, 0.05) is 32.2 Å². The van der Waals surface area contributed by atoms with Gasteiger partial charge in [0.25, 0.3) is 0 Å². The van der Waals surface area contributed by atoms with Crippen molar-refractivity contribution in [1.82, 2.24) is 9.62 Å². The van der Waals surface area contributed by atoms with Gasteiger partial charge >= 0.3 is 0 Å². The first kappa shape index (κ1) is 21.6. The molecule has 2 amide bonds. The SMILES string of the molecule is CC(=O)N1CCCc2cc(S(=O)(=O)N3CCC[C@H](C(=O)NCc4ccco4)C3)ccc21. The number of aryl methyl sites for hydroxylation is 1. The predicted octanol–water partition coefficient (Wildman–Crippen LogP) is 2.30. The van der Waals surface area contributed by atoms with Gasteiger partial charge in [0.15, 0.2) is 0 Å². The Kier molecular flexibility index (Phi) is 6.15. The molecule has 2 aromatic rings. The van der Waals surface area contributed by atoms with Crippen LogP contribution >= 0.6 is 0 Å². The second-order valence-corrected chi connectivity index (χ2v) is 10.0. The molecule has 0 radical (unpaired) electrons. The molecule has 9 heteroatoms. The van der Waals surface area contributed by atoms with E-state index in [1.165, 1.54) is 11.2 Å². The number of sulfonamides is 1. The van der Waals surface area contributed by atoms with E-state index in [9.17, 15) is 18.0 Å². The van der Waals surface area contributed by atoms with E-state index in [0.29, 0.717) is 31.7 Å². The molecule has 1 fully saturated rings. The third-order valence-electron chi connectivity index (χ3n) is 5.96. The lowest BCUT2D eigenvalue weighted by molar-refractivity contribution is -0.126. The minimum absolute atomic E-state index is 0.0454. The number of nitrogens with one attached hydrogen (secondary N) is 1. The van der Waals surface area contributed by atoms with Crippen LogP contribution in [0.3, 0.4) is 0 Å². The van der Waals surface area contributed by atoms with Crippen molar-refractivity contribution in [2.45, 2.75) is 44.0 Å². The molecular weight excluding hydrogens is 418 g/mol. The predicted molar refractivity (Wildman–Crippen MR) is 115 cm³/mol. The summed E-state index contributed by atoms with van der Waals surface area (Å²) in [7, 11) is -3.73. The first-order chi connectivity index (χ1) is 14.9. The summed E-state index contributed by atoms with van der Waals surface area (Å²) in [5.74, 6) is 0.0430. The zero-order chi connectivity index (χ0) is 22.0. The molecule has 166 valence electrons. The smallest absolute Gasteiger partial charge is 0.243 e. The van der Waals surface area contributed by atoms with E-state index in [1.807, 2.05) is 0 Å². The van der Waals surface area contributed by atoms with Gasteiger partial charge in [-0.05, 0) is 61.6 Å². The topological polar surface area (TPSA) is 99.9 Å². The Morgan fingerprint density at radius 2 is 2.03 bits per heavy atom. The summed E-state index contributed by atoms with van der Waals surface area (Å²) < 4.78 is 33.2. The van der Waals surface area contributed by atoms with Crippen molar-refractivity contribution in [2.75, 3.05) is 24.5 Å². The van der Waals surface area contributed by atoms with Crippen LogP contribution in [0, 0.1) is 5.92 Å². The molecule has 1 aromatic carbocycles. The van der Waals surface area contributed by atoms with E-state index in [2.05, 4.69) is 5.32 Å². The summed E-state index contributed by atoms with van der Waals surface area (Å²) in [5, 5.41) is 2.83. The normalized spacial score (nSPS) is 19.6. The first-order valence-corrected chi connectivity index (χ1v) is 12.0. The number of fused-ring (bicyclic) bond motifs is 1. The molecule has 0 unspecified atom stereocenters. The lowest BCUT2D eigenvalue weighted by atomic mass is 9.99. The van der Waals surface area contributed by atoms with Crippen LogP contribution in [0.2, 0.25) is 0 Å². The highest BCUT2D eigenvalue weighted by molar-refractivity contribution is 7.89. The number of anilines is 1. The van der Waals surface area contributed by atoms with Gasteiger partial charge in [-0.15, -0.1) is 0 Å². The Morgan fingerprint density at radius 3 is 2.77 bits per heavy atom. The van der Waals surface area contributed by atoms with Crippen molar-refractivity contribution in [3.8, 4) is 0 Å². The summed E-state index contributed by atoms with van der Waals surface area (Å²) in [6, 6.07) is 8.50. The largest absolute Gasteiger partial charge is 0.467 e. The maximum Gasteiger partial charge on any atom is 0.243 e. The molecule has 0 saturated carbocycles. The highest BCUT2D eigenvalue weighted by Gasteiger charge is 2.34. The van der Waals surface area contributed by atoms with Gasteiger partial charge in [0.2, 0.25) is 21.8 Å². The van der Waals surface area contributed by atoms with E-state index in [1.54, 1.807) is 41.5 Å². The molecule has 8 nitrogen and oxygen atoms in total. The van der Waals surface area contributed by atoms with Gasteiger partial charge in [-0.2, -0.15) is 4.31 Å². The van der Waals surface area contributed by atoms with Crippen LogP contribution in [0.1, 0.15) is 37.5 Å². The summed E-state index contributed by atoms with van der Waals surface area (Å²) in [5.41, 5.74) is 1.65. The highest BCUT2D eigenvalue weighted by atomic mass is 32.2. The number of hydrogen-bond donors (Lipinski definition) is 1. The van der Waals surface area contributed by atoms with Crippen LogP contribution in [-0.2, 0) is 32.6 Å². The fourth-order valence-electron chi connectivity index (χ4n) is 4.32.